The van der Waals surface area contributed by atoms with Gasteiger partial charge in [-0.1, -0.05) is 83.9 Å². The summed E-state index contributed by atoms with van der Waals surface area (Å²) in [7, 11) is 1.67. The van der Waals surface area contributed by atoms with E-state index in [2.05, 4.69) is 94.7 Å². The fraction of sp³-hybridized carbons (Fsp3) is 0.0625. The number of anilines is 5. The predicted molar refractivity (Wildman–Crippen MR) is 156 cm³/mol. The van der Waals surface area contributed by atoms with Crippen LogP contribution in [-0.2, 0) is 6.54 Å². The van der Waals surface area contributed by atoms with Gasteiger partial charge in [0, 0.05) is 29.3 Å². The Hall–Kier alpha value is -3.92. The van der Waals surface area contributed by atoms with Crippen molar-refractivity contribution in [3.05, 3.63) is 143 Å². The molecule has 0 saturated heterocycles. The first-order chi connectivity index (χ1) is 18.1. The van der Waals surface area contributed by atoms with Crippen molar-refractivity contribution in [2.75, 3.05) is 16.9 Å². The monoisotopic (exact) mass is 524 g/mol. The second-order valence-corrected chi connectivity index (χ2v) is 9.32. The average molecular weight is 525 g/mol. The third kappa shape index (κ3) is 5.59. The van der Waals surface area contributed by atoms with Crippen LogP contribution in [0, 0.1) is 0 Å². The molecule has 5 rings (SSSR count). The van der Waals surface area contributed by atoms with Crippen molar-refractivity contribution in [1.82, 2.24) is 0 Å². The quantitative estimate of drug-likeness (QED) is 0.201. The Kier molecular flexibility index (Phi) is 7.65. The molecule has 5 heteroatoms. The number of hydrogen-bond donors (Lipinski definition) is 0. The molecule has 3 nitrogen and oxygen atoms in total. The molecule has 0 saturated carbocycles. The van der Waals surface area contributed by atoms with Crippen molar-refractivity contribution in [3.8, 4) is 5.75 Å². The Morgan fingerprint density at radius 3 is 1.78 bits per heavy atom. The van der Waals surface area contributed by atoms with Crippen LogP contribution in [0.5, 0.6) is 5.75 Å². The third-order valence-electron chi connectivity index (χ3n) is 6.15. The summed E-state index contributed by atoms with van der Waals surface area (Å²) in [5.41, 5.74) is 6.14. The lowest BCUT2D eigenvalue weighted by atomic mass is 10.1. The lowest BCUT2D eigenvalue weighted by molar-refractivity contribution is 0.414. The van der Waals surface area contributed by atoms with Gasteiger partial charge in [-0.05, 0) is 72.3 Å². The summed E-state index contributed by atoms with van der Waals surface area (Å²) in [6.45, 7) is 0.601. The van der Waals surface area contributed by atoms with E-state index in [9.17, 15) is 0 Å². The van der Waals surface area contributed by atoms with Gasteiger partial charge in [-0.3, -0.25) is 0 Å². The second-order valence-electron chi connectivity index (χ2n) is 8.53. The SMILES string of the molecule is COc1ccc(CN(c2cccc(N(c3ccccc3)c3ccccc3)c2)c2cccc(Cl)c2Cl)cc1. The minimum Gasteiger partial charge on any atom is -0.497 e. The number of benzene rings is 5. The number of ether oxygens (including phenoxy) is 1. The normalized spacial score (nSPS) is 10.7. The molecule has 0 N–H and O–H groups in total. The van der Waals surface area contributed by atoms with Crippen LogP contribution in [0.1, 0.15) is 5.56 Å². The maximum atomic E-state index is 6.74. The molecule has 0 fully saturated rings. The highest BCUT2D eigenvalue weighted by molar-refractivity contribution is 6.43. The van der Waals surface area contributed by atoms with E-state index in [1.807, 2.05) is 42.5 Å². The van der Waals surface area contributed by atoms with Crippen molar-refractivity contribution in [2.24, 2.45) is 0 Å². The third-order valence-corrected chi connectivity index (χ3v) is 6.96. The van der Waals surface area contributed by atoms with Gasteiger partial charge in [0.25, 0.3) is 0 Å². The van der Waals surface area contributed by atoms with Gasteiger partial charge in [-0.25, -0.2) is 0 Å². The molecule has 0 heterocycles. The molecule has 0 radical (unpaired) electrons. The molecule has 0 unspecified atom stereocenters. The molecular formula is C32H26Cl2N2O. The molecule has 5 aromatic carbocycles. The smallest absolute Gasteiger partial charge is 0.118 e. The van der Waals surface area contributed by atoms with Gasteiger partial charge in [0.15, 0.2) is 0 Å². The summed E-state index contributed by atoms with van der Waals surface area (Å²) in [5.74, 6) is 0.819. The van der Waals surface area contributed by atoms with Crippen LogP contribution in [0.3, 0.4) is 0 Å². The molecule has 0 amide bonds. The van der Waals surface area contributed by atoms with Gasteiger partial charge in [0.2, 0.25) is 0 Å². The molecule has 0 aromatic heterocycles. The molecule has 0 spiro atoms. The van der Waals surface area contributed by atoms with Gasteiger partial charge < -0.3 is 14.5 Å². The highest BCUT2D eigenvalue weighted by atomic mass is 35.5. The Balaban J connectivity index is 1.61. The van der Waals surface area contributed by atoms with Gasteiger partial charge in [0.1, 0.15) is 5.75 Å². The first-order valence-electron chi connectivity index (χ1n) is 12.0. The number of halogens is 2. The summed E-state index contributed by atoms with van der Waals surface area (Å²) in [4.78, 5) is 4.43. The molecule has 5 aromatic rings. The van der Waals surface area contributed by atoms with E-state index in [1.54, 1.807) is 7.11 Å². The molecule has 0 aliphatic rings. The van der Waals surface area contributed by atoms with Gasteiger partial charge in [-0.2, -0.15) is 0 Å². The summed E-state index contributed by atoms with van der Waals surface area (Å²) in [6, 6.07) is 43.0. The number of methoxy groups -OCH3 is 1. The van der Waals surface area contributed by atoms with Crippen LogP contribution in [0.25, 0.3) is 0 Å². The van der Waals surface area contributed by atoms with Crippen molar-refractivity contribution >= 4 is 51.6 Å². The molecule has 184 valence electrons. The van der Waals surface area contributed by atoms with E-state index in [4.69, 9.17) is 27.9 Å². The molecule has 0 aliphatic heterocycles. The van der Waals surface area contributed by atoms with E-state index in [0.717, 1.165) is 39.7 Å². The largest absolute Gasteiger partial charge is 0.497 e. The van der Waals surface area contributed by atoms with Crippen molar-refractivity contribution < 1.29 is 4.74 Å². The lowest BCUT2D eigenvalue weighted by Gasteiger charge is -2.30. The fourth-order valence-electron chi connectivity index (χ4n) is 4.33. The van der Waals surface area contributed by atoms with Crippen LogP contribution in [-0.4, -0.2) is 7.11 Å². The van der Waals surface area contributed by atoms with E-state index in [0.29, 0.717) is 16.6 Å². The van der Waals surface area contributed by atoms with E-state index < -0.39 is 0 Å². The number of rotatable bonds is 8. The minimum atomic E-state index is 0.519. The number of para-hydroxylation sites is 2. The van der Waals surface area contributed by atoms with E-state index >= 15 is 0 Å². The van der Waals surface area contributed by atoms with Crippen molar-refractivity contribution in [3.63, 3.8) is 0 Å². The molecule has 37 heavy (non-hydrogen) atoms. The maximum Gasteiger partial charge on any atom is 0.118 e. The fourth-order valence-corrected chi connectivity index (χ4v) is 4.73. The minimum absolute atomic E-state index is 0.519. The van der Waals surface area contributed by atoms with Gasteiger partial charge >= 0.3 is 0 Å². The molecule has 0 bridgehead atoms. The highest BCUT2D eigenvalue weighted by Gasteiger charge is 2.18. The molecule has 0 aliphatic carbocycles. The summed E-state index contributed by atoms with van der Waals surface area (Å²) in [6.07, 6.45) is 0. The Labute approximate surface area is 228 Å². The van der Waals surface area contributed by atoms with Crippen LogP contribution in [0.4, 0.5) is 28.4 Å². The molecular weight excluding hydrogens is 499 g/mol. The zero-order chi connectivity index (χ0) is 25.6. The van der Waals surface area contributed by atoms with Gasteiger partial charge in [-0.15, -0.1) is 0 Å². The lowest BCUT2D eigenvalue weighted by Crippen LogP contribution is -2.18. The average Bonchev–Trinajstić information content (AvgIpc) is 2.95. The van der Waals surface area contributed by atoms with Crippen molar-refractivity contribution in [1.29, 1.82) is 0 Å². The van der Waals surface area contributed by atoms with Crippen LogP contribution in [0.15, 0.2) is 127 Å². The standard InChI is InChI=1S/C32H26Cl2N2O/c1-37-29-20-18-24(19-21-29)23-35(31-17-9-16-30(33)32(31)34)27-14-8-15-28(22-27)36(25-10-4-2-5-11-25)26-12-6-3-7-13-26/h2-22H,23H2,1H3. The van der Waals surface area contributed by atoms with Crippen LogP contribution >= 0.6 is 23.2 Å². The molecule has 0 atom stereocenters. The van der Waals surface area contributed by atoms with Crippen molar-refractivity contribution in [2.45, 2.75) is 6.54 Å². The summed E-state index contributed by atoms with van der Waals surface area (Å²) in [5, 5.41) is 1.04. The van der Waals surface area contributed by atoms with Crippen LogP contribution < -0.4 is 14.5 Å². The Morgan fingerprint density at radius 1 is 0.595 bits per heavy atom. The Morgan fingerprint density at radius 2 is 1.16 bits per heavy atom. The summed E-state index contributed by atoms with van der Waals surface area (Å²) >= 11 is 13.2. The topological polar surface area (TPSA) is 15.7 Å². The zero-order valence-electron chi connectivity index (χ0n) is 20.4. The van der Waals surface area contributed by atoms with E-state index in [1.165, 1.54) is 0 Å². The predicted octanol–water partition coefficient (Wildman–Crippen LogP) is 9.81. The zero-order valence-corrected chi connectivity index (χ0v) is 21.9. The first kappa shape index (κ1) is 24.8. The van der Waals surface area contributed by atoms with E-state index in [-0.39, 0.29) is 0 Å². The highest BCUT2D eigenvalue weighted by Crippen LogP contribution is 2.41. The number of hydrogen-bond acceptors (Lipinski definition) is 3. The first-order valence-corrected chi connectivity index (χ1v) is 12.7. The summed E-state index contributed by atoms with van der Waals surface area (Å²) < 4.78 is 5.35. The number of nitrogens with zero attached hydrogens (tertiary/aromatic N) is 2. The van der Waals surface area contributed by atoms with Crippen LogP contribution in [0.2, 0.25) is 10.0 Å². The maximum absolute atomic E-state index is 6.74. The second kappa shape index (κ2) is 11.4. The Bertz CT molecular complexity index is 1420. The van der Waals surface area contributed by atoms with Gasteiger partial charge in [0.05, 0.1) is 22.8 Å².